The molecule has 0 saturated carbocycles. The quantitative estimate of drug-likeness (QED) is 0.106. The Bertz CT molecular complexity index is 1670. The molecule has 0 saturated heterocycles. The molecule has 5 nitrogen and oxygen atoms in total. The number of benzene rings is 4. The van der Waals surface area contributed by atoms with Gasteiger partial charge in [-0.1, -0.05) is 67.9 Å². The second kappa shape index (κ2) is 15.7. The second-order valence-electron chi connectivity index (χ2n) is 10.9. The average Bonchev–Trinajstić information content (AvgIpc) is 3.40. The van der Waals surface area contributed by atoms with Crippen molar-refractivity contribution in [3.63, 3.8) is 0 Å². The van der Waals surface area contributed by atoms with Gasteiger partial charge >= 0.3 is 13.2 Å². The standard InChI is InChI=1S/C36H33F6N3O2/c1-2-3-19-45-32(33(27-13-18-30(37)31(38)20-27)43-34(45)26-7-5-4-6-8-26)23-44(21-24-9-14-28(15-10-24)46-35(39)40)22-25-11-16-29(17-12-25)47-36(41)42/h4-18,20,35-36H,2-3,19,21-23H2,1H3. The largest absolute Gasteiger partial charge is 0.435 e. The van der Waals surface area contributed by atoms with Crippen LogP contribution in [0.15, 0.2) is 97.1 Å². The molecule has 246 valence electrons. The summed E-state index contributed by atoms with van der Waals surface area (Å²) in [4.78, 5) is 7.06. The van der Waals surface area contributed by atoms with Gasteiger partial charge in [0.05, 0.1) is 11.4 Å². The lowest BCUT2D eigenvalue weighted by molar-refractivity contribution is -0.0505. The van der Waals surface area contributed by atoms with E-state index in [9.17, 15) is 26.3 Å². The topological polar surface area (TPSA) is 39.5 Å². The van der Waals surface area contributed by atoms with Gasteiger partial charge < -0.3 is 14.0 Å². The van der Waals surface area contributed by atoms with Crippen molar-refractivity contribution in [3.05, 3.63) is 126 Å². The maximum Gasteiger partial charge on any atom is 0.387 e. The summed E-state index contributed by atoms with van der Waals surface area (Å²) in [6, 6.07) is 25.9. The maximum atomic E-state index is 14.6. The fraction of sp³-hybridized carbons (Fsp3) is 0.250. The van der Waals surface area contributed by atoms with Crippen molar-refractivity contribution in [2.45, 2.75) is 59.2 Å². The van der Waals surface area contributed by atoms with Crippen molar-refractivity contribution >= 4 is 0 Å². The average molecular weight is 654 g/mol. The van der Waals surface area contributed by atoms with E-state index >= 15 is 0 Å². The highest BCUT2D eigenvalue weighted by Crippen LogP contribution is 2.33. The van der Waals surface area contributed by atoms with E-state index in [0.717, 1.165) is 47.4 Å². The lowest BCUT2D eigenvalue weighted by Gasteiger charge is -2.25. The molecule has 0 bridgehead atoms. The number of alkyl halides is 4. The molecule has 5 aromatic rings. The number of hydrogen-bond acceptors (Lipinski definition) is 4. The molecule has 1 heterocycles. The van der Waals surface area contributed by atoms with Crippen molar-refractivity contribution < 1.29 is 35.8 Å². The number of unbranched alkanes of at least 4 members (excludes halogenated alkanes) is 1. The molecule has 0 N–H and O–H groups in total. The molecule has 11 heteroatoms. The van der Waals surface area contributed by atoms with E-state index in [1.165, 1.54) is 30.3 Å². The normalized spacial score (nSPS) is 11.5. The van der Waals surface area contributed by atoms with Crippen LogP contribution in [0.1, 0.15) is 36.6 Å². The van der Waals surface area contributed by atoms with Crippen LogP contribution in [-0.2, 0) is 26.2 Å². The van der Waals surface area contributed by atoms with Gasteiger partial charge in [0.1, 0.15) is 17.3 Å². The molecule has 0 aliphatic carbocycles. The van der Waals surface area contributed by atoms with Crippen LogP contribution in [-0.4, -0.2) is 27.7 Å². The Kier molecular flexibility index (Phi) is 11.2. The molecule has 0 radical (unpaired) electrons. The molecule has 1 aromatic heterocycles. The number of aromatic nitrogens is 2. The van der Waals surface area contributed by atoms with Gasteiger partial charge in [-0.15, -0.1) is 0 Å². The summed E-state index contributed by atoms with van der Waals surface area (Å²) in [5, 5.41) is 0. The zero-order chi connectivity index (χ0) is 33.3. The lowest BCUT2D eigenvalue weighted by atomic mass is 10.1. The van der Waals surface area contributed by atoms with Crippen molar-refractivity contribution in [1.82, 2.24) is 14.5 Å². The number of nitrogens with zero attached hydrogens (tertiary/aromatic N) is 3. The van der Waals surface area contributed by atoms with Gasteiger partial charge in [-0.3, -0.25) is 4.90 Å². The smallest absolute Gasteiger partial charge is 0.387 e. The molecule has 0 fully saturated rings. The van der Waals surface area contributed by atoms with E-state index in [2.05, 4.69) is 25.9 Å². The zero-order valence-electron chi connectivity index (χ0n) is 25.6. The number of ether oxygens (including phenoxy) is 2. The first-order valence-corrected chi connectivity index (χ1v) is 15.1. The van der Waals surface area contributed by atoms with Crippen LogP contribution in [0, 0.1) is 11.6 Å². The molecule has 0 aliphatic rings. The van der Waals surface area contributed by atoms with E-state index in [1.54, 1.807) is 24.3 Å². The monoisotopic (exact) mass is 653 g/mol. The van der Waals surface area contributed by atoms with Crippen LogP contribution in [0.4, 0.5) is 26.3 Å². The fourth-order valence-corrected chi connectivity index (χ4v) is 5.33. The minimum absolute atomic E-state index is 0.0238. The predicted molar refractivity (Wildman–Crippen MR) is 167 cm³/mol. The molecule has 0 aliphatic heterocycles. The number of halogens is 6. The third-order valence-electron chi connectivity index (χ3n) is 7.52. The molecule has 4 aromatic carbocycles. The second-order valence-corrected chi connectivity index (χ2v) is 10.9. The Morgan fingerprint density at radius 3 is 1.77 bits per heavy atom. The Morgan fingerprint density at radius 1 is 0.681 bits per heavy atom. The molecule has 5 rings (SSSR count). The molecule has 47 heavy (non-hydrogen) atoms. The zero-order valence-corrected chi connectivity index (χ0v) is 25.6. The van der Waals surface area contributed by atoms with Crippen LogP contribution in [0.2, 0.25) is 0 Å². The van der Waals surface area contributed by atoms with Crippen molar-refractivity contribution in [2.24, 2.45) is 0 Å². The maximum absolute atomic E-state index is 14.6. The first-order chi connectivity index (χ1) is 22.7. The summed E-state index contributed by atoms with van der Waals surface area (Å²) in [5.41, 5.74) is 4.11. The summed E-state index contributed by atoms with van der Waals surface area (Å²) < 4.78 is 90.7. The van der Waals surface area contributed by atoms with Gasteiger partial charge in [0.2, 0.25) is 0 Å². The summed E-state index contributed by atoms with van der Waals surface area (Å²) >= 11 is 0. The first-order valence-electron chi connectivity index (χ1n) is 15.1. The van der Waals surface area contributed by atoms with Crippen LogP contribution in [0.5, 0.6) is 11.5 Å². The third kappa shape index (κ3) is 8.94. The summed E-state index contributed by atoms with van der Waals surface area (Å²) in [7, 11) is 0. The highest BCUT2D eigenvalue weighted by Gasteiger charge is 2.23. The highest BCUT2D eigenvalue weighted by molar-refractivity contribution is 5.68. The molecular formula is C36H33F6N3O2. The van der Waals surface area contributed by atoms with E-state index in [0.29, 0.717) is 43.3 Å². The van der Waals surface area contributed by atoms with E-state index in [4.69, 9.17) is 4.98 Å². The third-order valence-corrected chi connectivity index (χ3v) is 7.52. The number of rotatable bonds is 15. The summed E-state index contributed by atoms with van der Waals surface area (Å²) in [6.07, 6.45) is 1.73. The van der Waals surface area contributed by atoms with Crippen LogP contribution in [0.3, 0.4) is 0 Å². The fourth-order valence-electron chi connectivity index (χ4n) is 5.33. The van der Waals surface area contributed by atoms with Crippen LogP contribution < -0.4 is 9.47 Å². The molecule has 0 atom stereocenters. The van der Waals surface area contributed by atoms with Crippen LogP contribution >= 0.6 is 0 Å². The number of hydrogen-bond donors (Lipinski definition) is 0. The lowest BCUT2D eigenvalue weighted by Crippen LogP contribution is -2.24. The van der Waals surface area contributed by atoms with Crippen molar-refractivity contribution in [1.29, 1.82) is 0 Å². The van der Waals surface area contributed by atoms with Gasteiger partial charge in [0.15, 0.2) is 11.6 Å². The Labute approximate surface area is 269 Å². The molecule has 0 spiro atoms. The molecule has 0 unspecified atom stereocenters. The van der Waals surface area contributed by atoms with Gasteiger partial charge in [0, 0.05) is 37.3 Å². The van der Waals surface area contributed by atoms with E-state index in [1.807, 2.05) is 30.3 Å². The SMILES string of the molecule is CCCCn1c(-c2ccccc2)nc(-c2ccc(F)c(F)c2)c1CN(Cc1ccc(OC(F)F)cc1)Cc1ccc(OC(F)F)cc1. The van der Waals surface area contributed by atoms with E-state index in [-0.39, 0.29) is 11.5 Å². The minimum Gasteiger partial charge on any atom is -0.435 e. The van der Waals surface area contributed by atoms with Gasteiger partial charge in [-0.2, -0.15) is 17.6 Å². The van der Waals surface area contributed by atoms with Gasteiger partial charge in [-0.05, 0) is 60.0 Å². The predicted octanol–water partition coefficient (Wildman–Crippen LogP) is 9.70. The Morgan fingerprint density at radius 2 is 1.26 bits per heavy atom. The minimum atomic E-state index is -2.95. The Hall–Kier alpha value is -4.77. The molecular weight excluding hydrogens is 620 g/mol. The highest BCUT2D eigenvalue weighted by atomic mass is 19.3. The van der Waals surface area contributed by atoms with Crippen LogP contribution in [0.25, 0.3) is 22.6 Å². The van der Waals surface area contributed by atoms with Gasteiger partial charge in [0.25, 0.3) is 0 Å². The van der Waals surface area contributed by atoms with Gasteiger partial charge in [-0.25, -0.2) is 13.8 Å². The van der Waals surface area contributed by atoms with E-state index < -0.39 is 24.9 Å². The van der Waals surface area contributed by atoms with Crippen molar-refractivity contribution in [2.75, 3.05) is 0 Å². The van der Waals surface area contributed by atoms with Crippen molar-refractivity contribution in [3.8, 4) is 34.1 Å². The molecule has 0 amide bonds. The summed E-state index contributed by atoms with van der Waals surface area (Å²) in [6.45, 7) is -2.23. The first kappa shape index (κ1) is 33.6. The Balaban J connectivity index is 1.58. The summed E-state index contributed by atoms with van der Waals surface area (Å²) in [5.74, 6) is -1.24. The number of imidazole rings is 1.